The first-order valence-electron chi connectivity index (χ1n) is 8.65. The number of carbonyl (C=O) groups is 1. The van der Waals surface area contributed by atoms with Crippen molar-refractivity contribution < 1.29 is 4.79 Å². The number of hydrogen-bond acceptors (Lipinski definition) is 4. The van der Waals surface area contributed by atoms with E-state index in [2.05, 4.69) is 46.1 Å². The molecule has 0 saturated heterocycles. The van der Waals surface area contributed by atoms with Crippen molar-refractivity contribution in [3.05, 3.63) is 66.4 Å². The molecule has 0 bridgehead atoms. The van der Waals surface area contributed by atoms with Crippen LogP contribution >= 0.6 is 11.8 Å². The zero-order chi connectivity index (χ0) is 19.1. The molecule has 0 aliphatic heterocycles. The van der Waals surface area contributed by atoms with Crippen molar-refractivity contribution in [3.8, 4) is 23.0 Å². The van der Waals surface area contributed by atoms with Crippen molar-refractivity contribution in [2.75, 3.05) is 12.3 Å². The zero-order valence-corrected chi connectivity index (χ0v) is 15.9. The van der Waals surface area contributed by atoms with Gasteiger partial charge in [-0.1, -0.05) is 59.8 Å². The van der Waals surface area contributed by atoms with Crippen LogP contribution in [-0.4, -0.2) is 27.8 Å². The number of para-hydroxylation sites is 1. The number of nitriles is 1. The summed E-state index contributed by atoms with van der Waals surface area (Å²) in [5.74, 6) is 0.151. The number of amides is 1. The largest absolute Gasteiger partial charge is 0.354 e. The first-order valence-corrected chi connectivity index (χ1v) is 9.64. The number of thioether (sulfide) groups is 1. The van der Waals surface area contributed by atoms with Crippen LogP contribution < -0.4 is 5.32 Å². The van der Waals surface area contributed by atoms with Crippen molar-refractivity contribution in [1.82, 2.24) is 14.9 Å². The Balaban J connectivity index is 1.87. The lowest BCUT2D eigenvalue weighted by atomic mass is 10.1. The number of nitrogens with zero attached hydrogens (tertiary/aromatic N) is 3. The van der Waals surface area contributed by atoms with Gasteiger partial charge in [0.1, 0.15) is 0 Å². The monoisotopic (exact) mass is 376 g/mol. The smallest absolute Gasteiger partial charge is 0.230 e. The highest BCUT2D eigenvalue weighted by molar-refractivity contribution is 7.99. The maximum absolute atomic E-state index is 12.0. The van der Waals surface area contributed by atoms with E-state index in [0.29, 0.717) is 13.0 Å². The van der Waals surface area contributed by atoms with E-state index in [-0.39, 0.29) is 11.7 Å². The van der Waals surface area contributed by atoms with Gasteiger partial charge in [-0.2, -0.15) is 5.26 Å². The van der Waals surface area contributed by atoms with Gasteiger partial charge in [0, 0.05) is 17.8 Å². The molecule has 1 aromatic heterocycles. The van der Waals surface area contributed by atoms with Gasteiger partial charge in [-0.25, -0.2) is 4.98 Å². The lowest BCUT2D eigenvalue weighted by Gasteiger charge is -2.12. The molecule has 0 aliphatic rings. The summed E-state index contributed by atoms with van der Waals surface area (Å²) < 4.78 is 2.07. The van der Waals surface area contributed by atoms with Gasteiger partial charge in [0.25, 0.3) is 0 Å². The van der Waals surface area contributed by atoms with E-state index < -0.39 is 0 Å². The maximum Gasteiger partial charge on any atom is 0.230 e. The molecule has 1 heterocycles. The second kappa shape index (κ2) is 9.06. The predicted octanol–water partition coefficient (Wildman–Crippen LogP) is 3.97. The Bertz CT molecular complexity index is 943. The molecule has 3 rings (SSSR count). The van der Waals surface area contributed by atoms with Crippen LogP contribution in [0.15, 0.2) is 66.0 Å². The summed E-state index contributed by atoms with van der Waals surface area (Å²) in [6.45, 7) is 2.43. The molecule has 0 fully saturated rings. The van der Waals surface area contributed by atoms with Gasteiger partial charge in [-0.05, 0) is 19.1 Å². The van der Waals surface area contributed by atoms with Gasteiger partial charge < -0.3 is 5.32 Å². The Labute approximate surface area is 163 Å². The summed E-state index contributed by atoms with van der Waals surface area (Å²) in [6.07, 6.45) is 2.15. The summed E-state index contributed by atoms with van der Waals surface area (Å²) >= 11 is 1.38. The van der Waals surface area contributed by atoms with Crippen LogP contribution in [0.25, 0.3) is 16.9 Å². The average Bonchev–Trinajstić information content (AvgIpc) is 3.12. The summed E-state index contributed by atoms with van der Waals surface area (Å²) in [5.41, 5.74) is 4.25. The fourth-order valence-corrected chi connectivity index (χ4v) is 3.45. The van der Waals surface area contributed by atoms with Gasteiger partial charge in [-0.15, -0.1) is 0 Å². The number of rotatable bonds is 7. The van der Waals surface area contributed by atoms with Gasteiger partial charge >= 0.3 is 0 Å². The zero-order valence-electron chi connectivity index (χ0n) is 15.1. The fourth-order valence-electron chi connectivity index (χ4n) is 2.63. The highest BCUT2D eigenvalue weighted by Crippen LogP contribution is 2.29. The standard InChI is InChI=1S/C21H20N4OS/c1-16-8-10-17(11-9-16)19-14-24-21(25(19)18-6-3-2-4-7-18)27-15-20(26)23-13-5-12-22/h2-4,6-11,14H,5,13,15H2,1H3,(H,23,26). The second-order valence-electron chi connectivity index (χ2n) is 6.01. The molecule has 6 heteroatoms. The summed E-state index contributed by atoms with van der Waals surface area (Å²) in [5, 5.41) is 12.1. The van der Waals surface area contributed by atoms with Crippen LogP contribution in [0.3, 0.4) is 0 Å². The van der Waals surface area contributed by atoms with Crippen LogP contribution in [-0.2, 0) is 4.79 Å². The molecule has 1 amide bonds. The van der Waals surface area contributed by atoms with E-state index in [9.17, 15) is 4.79 Å². The third-order valence-electron chi connectivity index (χ3n) is 3.98. The molecule has 0 saturated carbocycles. The van der Waals surface area contributed by atoms with Crippen LogP contribution in [0.4, 0.5) is 0 Å². The minimum absolute atomic E-state index is 0.102. The van der Waals surface area contributed by atoms with Gasteiger partial charge in [-0.3, -0.25) is 9.36 Å². The van der Waals surface area contributed by atoms with Crippen molar-refractivity contribution in [3.63, 3.8) is 0 Å². The van der Waals surface area contributed by atoms with Crippen LogP contribution in [0.5, 0.6) is 0 Å². The fraction of sp³-hybridized carbons (Fsp3) is 0.190. The molecule has 3 aromatic rings. The lowest BCUT2D eigenvalue weighted by molar-refractivity contribution is -0.118. The van der Waals surface area contributed by atoms with Crippen molar-refractivity contribution in [2.24, 2.45) is 0 Å². The van der Waals surface area contributed by atoms with E-state index in [4.69, 9.17) is 5.26 Å². The third kappa shape index (κ3) is 4.78. The number of benzene rings is 2. The topological polar surface area (TPSA) is 70.7 Å². The molecule has 0 atom stereocenters. The molecule has 2 aromatic carbocycles. The van der Waals surface area contributed by atoms with E-state index in [1.807, 2.05) is 42.6 Å². The first-order chi connectivity index (χ1) is 13.2. The molecule has 5 nitrogen and oxygen atoms in total. The minimum atomic E-state index is -0.102. The number of hydrogen-bond donors (Lipinski definition) is 1. The van der Waals surface area contributed by atoms with Crippen LogP contribution in [0.1, 0.15) is 12.0 Å². The Morgan fingerprint density at radius 1 is 1.19 bits per heavy atom. The van der Waals surface area contributed by atoms with Crippen molar-refractivity contribution in [1.29, 1.82) is 5.26 Å². The van der Waals surface area contributed by atoms with Crippen molar-refractivity contribution >= 4 is 17.7 Å². The molecule has 136 valence electrons. The van der Waals surface area contributed by atoms with Crippen LogP contribution in [0.2, 0.25) is 0 Å². The van der Waals surface area contributed by atoms with Gasteiger partial charge in [0.2, 0.25) is 5.91 Å². The van der Waals surface area contributed by atoms with E-state index >= 15 is 0 Å². The molecular formula is C21H20N4OS. The van der Waals surface area contributed by atoms with Crippen LogP contribution in [0, 0.1) is 18.3 Å². The maximum atomic E-state index is 12.0. The highest BCUT2D eigenvalue weighted by atomic mass is 32.2. The SMILES string of the molecule is Cc1ccc(-c2cnc(SCC(=O)NCCC#N)n2-c2ccccc2)cc1. The van der Waals surface area contributed by atoms with Gasteiger partial charge in [0.05, 0.1) is 30.1 Å². The molecule has 1 N–H and O–H groups in total. The van der Waals surface area contributed by atoms with Gasteiger partial charge in [0.15, 0.2) is 5.16 Å². The van der Waals surface area contributed by atoms with Crippen molar-refractivity contribution in [2.45, 2.75) is 18.5 Å². The molecular weight excluding hydrogens is 356 g/mol. The highest BCUT2D eigenvalue weighted by Gasteiger charge is 2.15. The van der Waals surface area contributed by atoms with E-state index in [1.54, 1.807) is 0 Å². The number of aryl methyl sites for hydroxylation is 1. The second-order valence-corrected chi connectivity index (χ2v) is 6.95. The molecule has 0 aliphatic carbocycles. The Hall–Kier alpha value is -3.04. The average molecular weight is 376 g/mol. The Morgan fingerprint density at radius 3 is 2.63 bits per heavy atom. The molecule has 0 unspecified atom stereocenters. The number of nitrogens with one attached hydrogen (secondary N) is 1. The molecule has 0 spiro atoms. The number of imidazole rings is 1. The summed E-state index contributed by atoms with van der Waals surface area (Å²) in [4.78, 5) is 16.5. The summed E-state index contributed by atoms with van der Waals surface area (Å²) in [6, 6.07) is 20.3. The normalized spacial score (nSPS) is 10.4. The Kier molecular flexibility index (Phi) is 6.29. The number of aromatic nitrogens is 2. The minimum Gasteiger partial charge on any atom is -0.354 e. The third-order valence-corrected chi connectivity index (χ3v) is 4.94. The van der Waals surface area contributed by atoms with E-state index in [1.165, 1.54) is 17.3 Å². The number of carbonyl (C=O) groups excluding carboxylic acids is 1. The van der Waals surface area contributed by atoms with E-state index in [0.717, 1.165) is 22.1 Å². The lowest BCUT2D eigenvalue weighted by Crippen LogP contribution is -2.26. The predicted molar refractivity (Wildman–Crippen MR) is 108 cm³/mol. The Morgan fingerprint density at radius 2 is 1.93 bits per heavy atom. The quantitative estimate of drug-likeness (QED) is 0.500. The molecule has 0 radical (unpaired) electrons. The first kappa shape index (κ1) is 18.7. The summed E-state index contributed by atoms with van der Waals surface area (Å²) in [7, 11) is 0. The molecule has 27 heavy (non-hydrogen) atoms.